The van der Waals surface area contributed by atoms with Crippen LogP contribution in [0.5, 0.6) is 0 Å². The predicted octanol–water partition coefficient (Wildman–Crippen LogP) is 3.47. The van der Waals surface area contributed by atoms with E-state index in [9.17, 15) is 9.59 Å². The number of benzene rings is 1. The molecular weight excluding hydrogens is 325 g/mol. The van der Waals surface area contributed by atoms with Crippen LogP contribution < -0.4 is 5.32 Å². The highest BCUT2D eigenvalue weighted by atomic mass is 35.5. The molecule has 0 spiro atoms. The Balaban J connectivity index is 2.07. The zero-order chi connectivity index (χ0) is 14.9. The highest BCUT2D eigenvalue weighted by Gasteiger charge is 2.28. The molecule has 108 valence electrons. The molecule has 1 aromatic carbocycles. The lowest BCUT2D eigenvalue weighted by Gasteiger charge is -2.14. The number of halogens is 3. The Morgan fingerprint density at radius 2 is 1.85 bits per heavy atom. The van der Waals surface area contributed by atoms with Crippen molar-refractivity contribution in [2.75, 3.05) is 0 Å². The standard InChI is InChI=1S/C13H12Cl3NO3/c1-6(12(18)17-7-2-3-7)20-13(19)10-8(14)4-5-9(15)11(10)16/h4-7H,2-3H2,1H3,(H,17,18)/t6-/m0/s1. The van der Waals surface area contributed by atoms with Crippen molar-refractivity contribution < 1.29 is 14.3 Å². The van der Waals surface area contributed by atoms with Crippen molar-refractivity contribution in [2.45, 2.75) is 31.9 Å². The average Bonchev–Trinajstić information content (AvgIpc) is 3.18. The number of carbonyl (C=O) groups is 2. The van der Waals surface area contributed by atoms with Gasteiger partial charge in [-0.05, 0) is 31.9 Å². The van der Waals surface area contributed by atoms with Crippen LogP contribution in [0.25, 0.3) is 0 Å². The van der Waals surface area contributed by atoms with Gasteiger partial charge in [-0.15, -0.1) is 0 Å². The summed E-state index contributed by atoms with van der Waals surface area (Å²) in [5.74, 6) is -1.11. The summed E-state index contributed by atoms with van der Waals surface area (Å²) in [6, 6.07) is 3.12. The number of amides is 1. The number of carbonyl (C=O) groups excluding carboxylic acids is 2. The molecule has 0 saturated heterocycles. The van der Waals surface area contributed by atoms with E-state index in [-0.39, 0.29) is 32.6 Å². The number of hydrogen-bond donors (Lipinski definition) is 1. The van der Waals surface area contributed by atoms with Crippen LogP contribution in [-0.2, 0) is 9.53 Å². The number of nitrogens with one attached hydrogen (secondary N) is 1. The van der Waals surface area contributed by atoms with Gasteiger partial charge in [-0.1, -0.05) is 34.8 Å². The van der Waals surface area contributed by atoms with E-state index in [1.54, 1.807) is 0 Å². The van der Waals surface area contributed by atoms with Crippen LogP contribution in [0.1, 0.15) is 30.1 Å². The van der Waals surface area contributed by atoms with Crippen LogP contribution in [0.3, 0.4) is 0 Å². The third kappa shape index (κ3) is 3.57. The van der Waals surface area contributed by atoms with Gasteiger partial charge < -0.3 is 10.1 Å². The molecule has 4 nitrogen and oxygen atoms in total. The normalized spacial score (nSPS) is 15.6. The van der Waals surface area contributed by atoms with Gasteiger partial charge >= 0.3 is 5.97 Å². The summed E-state index contributed by atoms with van der Waals surface area (Å²) in [5.41, 5.74) is -0.0353. The van der Waals surface area contributed by atoms with Crippen molar-refractivity contribution >= 4 is 46.7 Å². The van der Waals surface area contributed by atoms with E-state index in [4.69, 9.17) is 39.5 Å². The van der Waals surface area contributed by atoms with Crippen molar-refractivity contribution in [3.8, 4) is 0 Å². The molecule has 0 heterocycles. The Bertz CT molecular complexity index is 558. The highest BCUT2D eigenvalue weighted by Crippen LogP contribution is 2.32. The van der Waals surface area contributed by atoms with Gasteiger partial charge in [-0.25, -0.2) is 4.79 Å². The summed E-state index contributed by atoms with van der Waals surface area (Å²) in [6.07, 6.45) is 0.991. The van der Waals surface area contributed by atoms with Crippen molar-refractivity contribution in [1.29, 1.82) is 0 Å². The van der Waals surface area contributed by atoms with Crippen molar-refractivity contribution in [1.82, 2.24) is 5.32 Å². The molecule has 1 saturated carbocycles. The number of esters is 1. The fraction of sp³-hybridized carbons (Fsp3) is 0.385. The van der Waals surface area contributed by atoms with Gasteiger partial charge in [0.05, 0.1) is 20.6 Å². The summed E-state index contributed by atoms with van der Waals surface area (Å²) in [6.45, 7) is 1.49. The summed E-state index contributed by atoms with van der Waals surface area (Å²) in [7, 11) is 0. The molecule has 0 unspecified atom stereocenters. The largest absolute Gasteiger partial charge is 0.449 e. The molecule has 1 aromatic rings. The SMILES string of the molecule is C[C@H](OC(=O)c1c(Cl)ccc(Cl)c1Cl)C(=O)NC1CC1. The maximum absolute atomic E-state index is 12.0. The molecular formula is C13H12Cl3NO3. The maximum Gasteiger partial charge on any atom is 0.342 e. The first-order valence-electron chi connectivity index (χ1n) is 6.05. The number of rotatable bonds is 4. The van der Waals surface area contributed by atoms with Gasteiger partial charge in [0.1, 0.15) is 0 Å². The molecule has 0 radical (unpaired) electrons. The molecule has 1 aliphatic carbocycles. The molecule has 1 N–H and O–H groups in total. The van der Waals surface area contributed by atoms with E-state index in [1.807, 2.05) is 0 Å². The van der Waals surface area contributed by atoms with Gasteiger partial charge in [0.15, 0.2) is 6.10 Å². The van der Waals surface area contributed by atoms with E-state index < -0.39 is 12.1 Å². The second-order valence-electron chi connectivity index (χ2n) is 4.55. The lowest BCUT2D eigenvalue weighted by Crippen LogP contribution is -2.37. The topological polar surface area (TPSA) is 55.4 Å². The molecule has 1 amide bonds. The quantitative estimate of drug-likeness (QED) is 0.676. The molecule has 0 bridgehead atoms. The Hall–Kier alpha value is -0.970. The van der Waals surface area contributed by atoms with Crippen LogP contribution >= 0.6 is 34.8 Å². The Kier molecular flexibility index (Phi) is 4.78. The van der Waals surface area contributed by atoms with Crippen LogP contribution in [0, 0.1) is 0 Å². The minimum Gasteiger partial charge on any atom is -0.449 e. The zero-order valence-electron chi connectivity index (χ0n) is 10.6. The summed E-state index contributed by atoms with van der Waals surface area (Å²) in [4.78, 5) is 23.7. The third-order valence-corrected chi connectivity index (χ3v) is 3.94. The van der Waals surface area contributed by atoms with Gasteiger partial charge in [0.2, 0.25) is 0 Å². The first-order chi connectivity index (χ1) is 9.40. The lowest BCUT2D eigenvalue weighted by atomic mass is 10.2. The van der Waals surface area contributed by atoms with Crippen molar-refractivity contribution in [3.63, 3.8) is 0 Å². The first-order valence-corrected chi connectivity index (χ1v) is 7.18. The van der Waals surface area contributed by atoms with Gasteiger partial charge in [-0.3, -0.25) is 4.79 Å². The maximum atomic E-state index is 12.0. The molecule has 7 heteroatoms. The zero-order valence-corrected chi connectivity index (χ0v) is 12.9. The number of ether oxygens (including phenoxy) is 1. The predicted molar refractivity (Wildman–Crippen MR) is 77.5 cm³/mol. The van der Waals surface area contributed by atoms with Crippen LogP contribution in [-0.4, -0.2) is 24.0 Å². The highest BCUT2D eigenvalue weighted by molar-refractivity contribution is 6.46. The molecule has 20 heavy (non-hydrogen) atoms. The Labute approximate surface area is 131 Å². The minimum atomic E-state index is -0.922. The van der Waals surface area contributed by atoms with Crippen molar-refractivity contribution in [2.24, 2.45) is 0 Å². The monoisotopic (exact) mass is 335 g/mol. The van der Waals surface area contributed by atoms with E-state index in [1.165, 1.54) is 19.1 Å². The molecule has 0 aliphatic heterocycles. The number of hydrogen-bond acceptors (Lipinski definition) is 3. The minimum absolute atomic E-state index is 0.0129. The molecule has 2 rings (SSSR count). The van der Waals surface area contributed by atoms with Gasteiger partial charge in [0.25, 0.3) is 5.91 Å². The van der Waals surface area contributed by atoms with Crippen LogP contribution in [0.2, 0.25) is 15.1 Å². The van der Waals surface area contributed by atoms with Crippen LogP contribution in [0.15, 0.2) is 12.1 Å². The summed E-state index contributed by atoms with van der Waals surface area (Å²) >= 11 is 17.7. The average molecular weight is 337 g/mol. The van der Waals surface area contributed by atoms with Crippen LogP contribution in [0.4, 0.5) is 0 Å². The summed E-state index contributed by atoms with van der Waals surface area (Å²) < 4.78 is 5.07. The Morgan fingerprint density at radius 3 is 2.45 bits per heavy atom. The first kappa shape index (κ1) is 15.4. The van der Waals surface area contributed by atoms with Crippen molar-refractivity contribution in [3.05, 3.63) is 32.8 Å². The fourth-order valence-corrected chi connectivity index (χ4v) is 2.22. The molecule has 1 fully saturated rings. The van der Waals surface area contributed by atoms with Gasteiger partial charge in [0, 0.05) is 6.04 Å². The smallest absolute Gasteiger partial charge is 0.342 e. The molecule has 1 atom stereocenters. The molecule has 0 aromatic heterocycles. The van der Waals surface area contributed by atoms with E-state index in [0.29, 0.717) is 0 Å². The lowest BCUT2D eigenvalue weighted by molar-refractivity contribution is -0.129. The second kappa shape index (κ2) is 6.20. The fourth-order valence-electron chi connectivity index (χ4n) is 1.53. The van der Waals surface area contributed by atoms with E-state index in [2.05, 4.69) is 5.32 Å². The molecule has 1 aliphatic rings. The summed E-state index contributed by atoms with van der Waals surface area (Å²) in [5, 5.41) is 3.07. The van der Waals surface area contributed by atoms with E-state index >= 15 is 0 Å². The van der Waals surface area contributed by atoms with Gasteiger partial charge in [-0.2, -0.15) is 0 Å². The Morgan fingerprint density at radius 1 is 1.25 bits per heavy atom. The third-order valence-electron chi connectivity index (χ3n) is 2.82. The second-order valence-corrected chi connectivity index (χ2v) is 5.74. The van der Waals surface area contributed by atoms with E-state index in [0.717, 1.165) is 12.8 Å².